The molecule has 1 fully saturated rings. The van der Waals surface area contributed by atoms with Gasteiger partial charge in [0.15, 0.2) is 5.82 Å². The van der Waals surface area contributed by atoms with Crippen LogP contribution in [0.15, 0.2) is 22.0 Å². The van der Waals surface area contributed by atoms with Gasteiger partial charge in [-0.1, -0.05) is 11.2 Å². The standard InChI is InChI=1S/C16H18N4O2S/c1-10-11(2)18-13(17-10)14-19-15(22-20-14)16(5-7-21-8-6-16)12-4-3-9-23-12/h3-4,9H,5-8H2,1-2H3,(H,17,18). The molecule has 0 aliphatic carbocycles. The van der Waals surface area contributed by atoms with Gasteiger partial charge in [-0.3, -0.25) is 0 Å². The fourth-order valence-corrected chi connectivity index (χ4v) is 3.98. The quantitative estimate of drug-likeness (QED) is 0.798. The van der Waals surface area contributed by atoms with Gasteiger partial charge in [-0.25, -0.2) is 4.98 Å². The first-order valence-corrected chi connectivity index (χ1v) is 8.56. The second-order valence-corrected chi connectivity index (χ2v) is 6.84. The van der Waals surface area contributed by atoms with Gasteiger partial charge >= 0.3 is 0 Å². The van der Waals surface area contributed by atoms with Gasteiger partial charge in [0.1, 0.15) is 0 Å². The van der Waals surface area contributed by atoms with Crippen molar-refractivity contribution in [2.45, 2.75) is 32.1 Å². The Morgan fingerprint density at radius 2 is 2.04 bits per heavy atom. The zero-order valence-corrected chi connectivity index (χ0v) is 13.9. The predicted molar refractivity (Wildman–Crippen MR) is 86.5 cm³/mol. The molecule has 4 rings (SSSR count). The molecule has 3 aromatic heterocycles. The van der Waals surface area contributed by atoms with E-state index in [2.05, 4.69) is 37.6 Å². The highest BCUT2D eigenvalue weighted by Gasteiger charge is 2.42. The van der Waals surface area contributed by atoms with E-state index in [1.54, 1.807) is 11.3 Å². The SMILES string of the molecule is Cc1nc(-c2noc(C3(c4cccs4)CCOCC3)n2)[nH]c1C. The Labute approximate surface area is 137 Å². The molecule has 6 nitrogen and oxygen atoms in total. The Kier molecular flexibility index (Phi) is 3.54. The maximum absolute atomic E-state index is 5.66. The molecular formula is C16H18N4O2S. The molecule has 0 spiro atoms. The lowest BCUT2D eigenvalue weighted by Gasteiger charge is -2.32. The monoisotopic (exact) mass is 330 g/mol. The van der Waals surface area contributed by atoms with E-state index in [-0.39, 0.29) is 5.41 Å². The first kappa shape index (κ1) is 14.6. The van der Waals surface area contributed by atoms with Gasteiger partial charge in [0.2, 0.25) is 11.7 Å². The highest BCUT2D eigenvalue weighted by molar-refractivity contribution is 7.10. The van der Waals surface area contributed by atoms with Crippen molar-refractivity contribution in [3.8, 4) is 11.6 Å². The fraction of sp³-hybridized carbons (Fsp3) is 0.438. The molecule has 0 bridgehead atoms. The Bertz CT molecular complexity index is 781. The minimum atomic E-state index is -0.242. The molecule has 0 saturated carbocycles. The third-order valence-electron chi connectivity index (χ3n) is 4.51. The third-order valence-corrected chi connectivity index (χ3v) is 5.59. The first-order valence-electron chi connectivity index (χ1n) is 7.68. The summed E-state index contributed by atoms with van der Waals surface area (Å²) < 4.78 is 11.2. The number of ether oxygens (including phenoxy) is 1. The summed E-state index contributed by atoms with van der Waals surface area (Å²) >= 11 is 1.73. The minimum Gasteiger partial charge on any atom is -0.381 e. The number of nitrogens with zero attached hydrogens (tertiary/aromatic N) is 3. The summed E-state index contributed by atoms with van der Waals surface area (Å²) in [7, 11) is 0. The van der Waals surface area contributed by atoms with Crippen molar-refractivity contribution >= 4 is 11.3 Å². The summed E-state index contributed by atoms with van der Waals surface area (Å²) in [6, 6.07) is 4.20. The van der Waals surface area contributed by atoms with Crippen LogP contribution in [0.2, 0.25) is 0 Å². The van der Waals surface area contributed by atoms with Crippen LogP contribution in [-0.4, -0.2) is 33.3 Å². The van der Waals surface area contributed by atoms with Gasteiger partial charge in [-0.15, -0.1) is 11.3 Å². The molecule has 7 heteroatoms. The molecule has 0 unspecified atom stereocenters. The van der Waals surface area contributed by atoms with Gasteiger partial charge in [0.05, 0.1) is 11.1 Å². The number of hydrogen-bond acceptors (Lipinski definition) is 6. The molecule has 1 aliphatic rings. The summed E-state index contributed by atoms with van der Waals surface area (Å²) in [4.78, 5) is 13.6. The van der Waals surface area contributed by atoms with Crippen molar-refractivity contribution in [3.05, 3.63) is 39.7 Å². The summed E-state index contributed by atoms with van der Waals surface area (Å²) in [5.41, 5.74) is 1.73. The van der Waals surface area contributed by atoms with Crippen molar-refractivity contribution in [1.82, 2.24) is 20.1 Å². The lowest BCUT2D eigenvalue weighted by molar-refractivity contribution is 0.0535. The van der Waals surface area contributed by atoms with Crippen molar-refractivity contribution in [3.63, 3.8) is 0 Å². The molecular weight excluding hydrogens is 312 g/mol. The van der Waals surface area contributed by atoms with Crippen molar-refractivity contribution in [2.75, 3.05) is 13.2 Å². The Morgan fingerprint density at radius 1 is 1.22 bits per heavy atom. The van der Waals surface area contributed by atoms with Crippen LogP contribution in [0.4, 0.5) is 0 Å². The van der Waals surface area contributed by atoms with Crippen molar-refractivity contribution < 1.29 is 9.26 Å². The summed E-state index contributed by atoms with van der Waals surface area (Å²) in [5, 5.41) is 6.24. The number of thiophene rings is 1. The number of aromatic amines is 1. The van der Waals surface area contributed by atoms with Crippen LogP contribution in [0, 0.1) is 13.8 Å². The summed E-state index contributed by atoms with van der Waals surface area (Å²) in [6.45, 7) is 5.35. The predicted octanol–water partition coefficient (Wildman–Crippen LogP) is 3.23. The second kappa shape index (κ2) is 5.58. The van der Waals surface area contributed by atoms with E-state index in [0.717, 1.165) is 24.2 Å². The molecule has 0 radical (unpaired) electrons. The van der Waals surface area contributed by atoms with E-state index in [1.165, 1.54) is 4.88 Å². The molecule has 1 aliphatic heterocycles. The number of H-pyrrole nitrogens is 1. The minimum absolute atomic E-state index is 0.242. The average Bonchev–Trinajstić information content (AvgIpc) is 3.30. The maximum Gasteiger partial charge on any atom is 0.238 e. The normalized spacial score (nSPS) is 17.5. The van der Waals surface area contributed by atoms with E-state index in [1.807, 2.05) is 13.8 Å². The van der Waals surface area contributed by atoms with E-state index in [0.29, 0.717) is 30.8 Å². The van der Waals surface area contributed by atoms with Crippen molar-refractivity contribution in [2.24, 2.45) is 0 Å². The number of nitrogens with one attached hydrogen (secondary N) is 1. The van der Waals surface area contributed by atoms with Crippen LogP contribution < -0.4 is 0 Å². The molecule has 120 valence electrons. The molecule has 0 aromatic carbocycles. The number of aromatic nitrogens is 4. The van der Waals surface area contributed by atoms with Gasteiger partial charge < -0.3 is 14.2 Å². The number of aryl methyl sites for hydroxylation is 2. The van der Waals surface area contributed by atoms with Gasteiger partial charge in [0.25, 0.3) is 0 Å². The maximum atomic E-state index is 5.66. The molecule has 1 N–H and O–H groups in total. The van der Waals surface area contributed by atoms with Crippen LogP contribution in [0.1, 0.15) is 35.0 Å². The molecule has 1 saturated heterocycles. The van der Waals surface area contributed by atoms with Crippen molar-refractivity contribution in [1.29, 1.82) is 0 Å². The number of hydrogen-bond donors (Lipinski definition) is 1. The topological polar surface area (TPSA) is 76.8 Å². The average molecular weight is 330 g/mol. The number of imidazole rings is 1. The van der Waals surface area contributed by atoms with E-state index >= 15 is 0 Å². The van der Waals surface area contributed by atoms with E-state index in [4.69, 9.17) is 9.26 Å². The molecule has 0 amide bonds. The van der Waals surface area contributed by atoms with Crippen LogP contribution in [0.25, 0.3) is 11.6 Å². The third kappa shape index (κ3) is 2.40. The Morgan fingerprint density at radius 3 is 2.70 bits per heavy atom. The fourth-order valence-electron chi connectivity index (χ4n) is 3.00. The second-order valence-electron chi connectivity index (χ2n) is 5.89. The van der Waals surface area contributed by atoms with E-state index < -0.39 is 0 Å². The lowest BCUT2D eigenvalue weighted by atomic mass is 9.78. The lowest BCUT2D eigenvalue weighted by Crippen LogP contribution is -2.34. The van der Waals surface area contributed by atoms with Crippen LogP contribution >= 0.6 is 11.3 Å². The smallest absolute Gasteiger partial charge is 0.238 e. The molecule has 23 heavy (non-hydrogen) atoms. The van der Waals surface area contributed by atoms with Crippen LogP contribution in [0.5, 0.6) is 0 Å². The number of rotatable bonds is 3. The highest BCUT2D eigenvalue weighted by Crippen LogP contribution is 2.42. The molecule has 3 aromatic rings. The van der Waals surface area contributed by atoms with Crippen LogP contribution in [-0.2, 0) is 10.2 Å². The Hall–Kier alpha value is -1.99. The largest absolute Gasteiger partial charge is 0.381 e. The van der Waals surface area contributed by atoms with E-state index in [9.17, 15) is 0 Å². The summed E-state index contributed by atoms with van der Waals surface area (Å²) in [6.07, 6.45) is 1.71. The zero-order chi connectivity index (χ0) is 15.9. The van der Waals surface area contributed by atoms with Crippen LogP contribution in [0.3, 0.4) is 0 Å². The van der Waals surface area contributed by atoms with Gasteiger partial charge in [-0.05, 0) is 38.1 Å². The highest BCUT2D eigenvalue weighted by atomic mass is 32.1. The molecule has 0 atom stereocenters. The zero-order valence-electron chi connectivity index (χ0n) is 13.1. The Balaban J connectivity index is 1.76. The van der Waals surface area contributed by atoms with Gasteiger partial charge in [0, 0.05) is 23.8 Å². The molecule has 4 heterocycles. The summed E-state index contributed by atoms with van der Waals surface area (Å²) in [5.74, 6) is 1.83. The van der Waals surface area contributed by atoms with Gasteiger partial charge in [-0.2, -0.15) is 4.98 Å². The first-order chi connectivity index (χ1) is 11.2.